The van der Waals surface area contributed by atoms with Crippen LogP contribution in [0, 0.1) is 0 Å². The molecule has 3 nitrogen and oxygen atoms in total. The van der Waals surface area contributed by atoms with E-state index in [9.17, 15) is 0 Å². The van der Waals surface area contributed by atoms with E-state index < -0.39 is 0 Å². The fourth-order valence-electron chi connectivity index (χ4n) is 2.56. The first kappa shape index (κ1) is 13.7. The molecule has 2 N–H and O–H groups in total. The van der Waals surface area contributed by atoms with Gasteiger partial charge in [0.2, 0.25) is 0 Å². The molecule has 0 bridgehead atoms. The molecule has 0 unspecified atom stereocenters. The monoisotopic (exact) mass is 281 g/mol. The summed E-state index contributed by atoms with van der Waals surface area (Å²) in [6.45, 7) is 2.59. The second-order valence-electron chi connectivity index (χ2n) is 5.03. The van der Waals surface area contributed by atoms with Crippen molar-refractivity contribution in [3.8, 4) is 11.5 Å². The fourth-order valence-corrected chi connectivity index (χ4v) is 2.56. The zero-order chi connectivity index (χ0) is 14.7. The topological polar surface area (TPSA) is 48.4 Å². The van der Waals surface area contributed by atoms with Crippen LogP contribution in [0.2, 0.25) is 0 Å². The van der Waals surface area contributed by atoms with Crippen molar-refractivity contribution < 1.29 is 9.15 Å². The molecule has 1 heterocycles. The van der Waals surface area contributed by atoms with Crippen LogP contribution in [0.3, 0.4) is 0 Å². The van der Waals surface area contributed by atoms with E-state index in [0.29, 0.717) is 6.54 Å². The number of para-hydroxylation sites is 1. The third-order valence-electron chi connectivity index (χ3n) is 3.51. The Morgan fingerprint density at radius 1 is 1.05 bits per heavy atom. The average molecular weight is 281 g/mol. The van der Waals surface area contributed by atoms with E-state index in [2.05, 4.69) is 6.92 Å². The SMILES string of the molecule is CCCc1c(CN)oc2ccc(Oc3ccccc3)cc12. The number of hydrogen-bond donors (Lipinski definition) is 1. The lowest BCUT2D eigenvalue weighted by Crippen LogP contribution is -1.98. The smallest absolute Gasteiger partial charge is 0.134 e. The van der Waals surface area contributed by atoms with Crippen molar-refractivity contribution in [2.24, 2.45) is 5.73 Å². The van der Waals surface area contributed by atoms with Crippen LogP contribution in [0.5, 0.6) is 11.5 Å². The molecule has 108 valence electrons. The van der Waals surface area contributed by atoms with Crippen molar-refractivity contribution in [2.75, 3.05) is 0 Å². The zero-order valence-corrected chi connectivity index (χ0v) is 12.1. The summed E-state index contributed by atoms with van der Waals surface area (Å²) in [6, 6.07) is 15.7. The van der Waals surface area contributed by atoms with Crippen molar-refractivity contribution in [1.29, 1.82) is 0 Å². The van der Waals surface area contributed by atoms with Gasteiger partial charge in [0, 0.05) is 10.9 Å². The maximum Gasteiger partial charge on any atom is 0.134 e. The number of nitrogens with two attached hydrogens (primary N) is 1. The van der Waals surface area contributed by atoms with E-state index in [1.54, 1.807) is 0 Å². The minimum Gasteiger partial charge on any atom is -0.459 e. The van der Waals surface area contributed by atoms with Crippen LogP contribution in [0.15, 0.2) is 52.9 Å². The number of fused-ring (bicyclic) bond motifs is 1. The van der Waals surface area contributed by atoms with E-state index in [0.717, 1.165) is 41.1 Å². The van der Waals surface area contributed by atoms with Gasteiger partial charge in [-0.25, -0.2) is 0 Å². The largest absolute Gasteiger partial charge is 0.459 e. The highest BCUT2D eigenvalue weighted by Crippen LogP contribution is 2.32. The maximum absolute atomic E-state index is 5.89. The predicted molar refractivity (Wildman–Crippen MR) is 84.6 cm³/mol. The van der Waals surface area contributed by atoms with Crippen molar-refractivity contribution >= 4 is 11.0 Å². The Balaban J connectivity index is 2.00. The Hall–Kier alpha value is -2.26. The van der Waals surface area contributed by atoms with Crippen molar-refractivity contribution in [3.05, 3.63) is 59.9 Å². The highest BCUT2D eigenvalue weighted by molar-refractivity contribution is 5.84. The van der Waals surface area contributed by atoms with Crippen molar-refractivity contribution in [3.63, 3.8) is 0 Å². The van der Waals surface area contributed by atoms with Gasteiger partial charge in [-0.3, -0.25) is 0 Å². The van der Waals surface area contributed by atoms with Gasteiger partial charge in [0.05, 0.1) is 6.54 Å². The number of ether oxygens (including phenoxy) is 1. The highest BCUT2D eigenvalue weighted by Gasteiger charge is 2.13. The number of rotatable bonds is 5. The first-order valence-electron chi connectivity index (χ1n) is 7.29. The molecule has 3 rings (SSSR count). The summed E-state index contributed by atoms with van der Waals surface area (Å²) in [6.07, 6.45) is 2.03. The molecule has 0 saturated carbocycles. The molecule has 0 fully saturated rings. The summed E-state index contributed by atoms with van der Waals surface area (Å²) in [5.74, 6) is 2.52. The third kappa shape index (κ3) is 2.78. The van der Waals surface area contributed by atoms with Crippen LogP contribution in [0.25, 0.3) is 11.0 Å². The molecule has 0 amide bonds. The fraction of sp³-hybridized carbons (Fsp3) is 0.222. The first-order chi connectivity index (χ1) is 10.3. The average Bonchev–Trinajstić information content (AvgIpc) is 2.86. The van der Waals surface area contributed by atoms with Crippen molar-refractivity contribution in [2.45, 2.75) is 26.3 Å². The third-order valence-corrected chi connectivity index (χ3v) is 3.51. The molecule has 2 aromatic carbocycles. The second kappa shape index (κ2) is 6.02. The van der Waals surface area contributed by atoms with Gasteiger partial charge >= 0.3 is 0 Å². The summed E-state index contributed by atoms with van der Waals surface area (Å²) >= 11 is 0. The minimum absolute atomic E-state index is 0.429. The van der Waals surface area contributed by atoms with Crippen molar-refractivity contribution in [1.82, 2.24) is 0 Å². The molecular formula is C18H19NO2. The van der Waals surface area contributed by atoms with Gasteiger partial charge < -0.3 is 14.9 Å². The van der Waals surface area contributed by atoms with Crippen LogP contribution < -0.4 is 10.5 Å². The number of benzene rings is 2. The van der Waals surface area contributed by atoms with Gasteiger partial charge in [-0.05, 0) is 36.8 Å². The molecule has 3 heteroatoms. The first-order valence-corrected chi connectivity index (χ1v) is 7.29. The molecule has 0 aliphatic rings. The lowest BCUT2D eigenvalue weighted by molar-refractivity contribution is 0.483. The van der Waals surface area contributed by atoms with E-state index in [1.165, 1.54) is 5.56 Å². The quantitative estimate of drug-likeness (QED) is 0.741. The molecule has 0 atom stereocenters. The highest BCUT2D eigenvalue weighted by atomic mass is 16.5. The molecular weight excluding hydrogens is 262 g/mol. The van der Waals surface area contributed by atoms with Gasteiger partial charge in [-0.2, -0.15) is 0 Å². The Morgan fingerprint density at radius 2 is 1.86 bits per heavy atom. The normalized spacial score (nSPS) is 11.0. The van der Waals surface area contributed by atoms with E-state index in [-0.39, 0.29) is 0 Å². The summed E-state index contributed by atoms with van der Waals surface area (Å²) in [4.78, 5) is 0. The summed E-state index contributed by atoms with van der Waals surface area (Å²) in [5.41, 5.74) is 7.86. The molecule has 3 aromatic rings. The molecule has 0 saturated heterocycles. The molecule has 1 aromatic heterocycles. The Labute approximate surface area is 124 Å². The van der Waals surface area contributed by atoms with Gasteiger partial charge in [-0.15, -0.1) is 0 Å². The van der Waals surface area contributed by atoms with E-state index in [1.807, 2.05) is 48.5 Å². The summed E-state index contributed by atoms with van der Waals surface area (Å²) < 4.78 is 11.7. The number of hydrogen-bond acceptors (Lipinski definition) is 3. The van der Waals surface area contributed by atoms with Crippen LogP contribution >= 0.6 is 0 Å². The molecule has 0 radical (unpaired) electrons. The van der Waals surface area contributed by atoms with Crippen LogP contribution in [-0.4, -0.2) is 0 Å². The Kier molecular flexibility index (Phi) is 3.93. The lowest BCUT2D eigenvalue weighted by atomic mass is 10.1. The summed E-state index contributed by atoms with van der Waals surface area (Å²) in [5, 5.41) is 1.10. The van der Waals surface area contributed by atoms with Gasteiger partial charge in [0.25, 0.3) is 0 Å². The maximum atomic E-state index is 5.89. The number of furan rings is 1. The minimum atomic E-state index is 0.429. The Bertz CT molecular complexity index is 732. The van der Waals surface area contributed by atoms with E-state index in [4.69, 9.17) is 14.9 Å². The predicted octanol–water partition coefficient (Wildman–Crippen LogP) is 4.64. The summed E-state index contributed by atoms with van der Waals surface area (Å²) in [7, 11) is 0. The lowest BCUT2D eigenvalue weighted by Gasteiger charge is -2.05. The van der Waals surface area contributed by atoms with Crippen LogP contribution in [0.4, 0.5) is 0 Å². The zero-order valence-electron chi connectivity index (χ0n) is 12.1. The molecule has 0 aliphatic carbocycles. The van der Waals surface area contributed by atoms with E-state index >= 15 is 0 Å². The standard InChI is InChI=1S/C18H19NO2/c1-2-6-15-16-11-14(20-13-7-4-3-5-8-13)9-10-17(16)21-18(15)12-19/h3-5,7-11H,2,6,12,19H2,1H3. The number of aryl methyl sites for hydroxylation is 1. The molecule has 0 aliphatic heterocycles. The Morgan fingerprint density at radius 3 is 2.57 bits per heavy atom. The second-order valence-corrected chi connectivity index (χ2v) is 5.03. The van der Waals surface area contributed by atoms with Gasteiger partial charge in [-0.1, -0.05) is 31.5 Å². The molecule has 0 spiro atoms. The van der Waals surface area contributed by atoms with Crippen LogP contribution in [0.1, 0.15) is 24.7 Å². The molecule has 21 heavy (non-hydrogen) atoms. The van der Waals surface area contributed by atoms with Gasteiger partial charge in [0.15, 0.2) is 0 Å². The van der Waals surface area contributed by atoms with Gasteiger partial charge in [0.1, 0.15) is 22.8 Å². The van der Waals surface area contributed by atoms with Crippen LogP contribution in [-0.2, 0) is 13.0 Å².